The molecular formula is C20H23N5O2. The Hall–Kier alpha value is -2.64. The SMILES string of the molecule is C[C@H]1CN(CC(=O)Cc2cc3nc(-c4cnn(C)c4)ccc3cn2)CCO1. The molecule has 1 aliphatic heterocycles. The third-order valence-electron chi connectivity index (χ3n) is 4.73. The Morgan fingerprint density at radius 1 is 1.33 bits per heavy atom. The molecule has 7 nitrogen and oxygen atoms in total. The molecule has 7 heteroatoms. The number of aryl methyl sites for hydroxylation is 1. The van der Waals surface area contributed by atoms with Gasteiger partial charge in [0.25, 0.3) is 0 Å². The smallest absolute Gasteiger partial charge is 0.152 e. The Morgan fingerprint density at radius 2 is 2.22 bits per heavy atom. The van der Waals surface area contributed by atoms with Crippen molar-refractivity contribution in [3.05, 3.63) is 42.5 Å². The van der Waals surface area contributed by atoms with Crippen molar-refractivity contribution in [2.24, 2.45) is 7.05 Å². The summed E-state index contributed by atoms with van der Waals surface area (Å²) < 4.78 is 7.28. The van der Waals surface area contributed by atoms with Gasteiger partial charge in [-0.1, -0.05) is 0 Å². The molecule has 0 amide bonds. The molecule has 3 aromatic heterocycles. The number of hydrogen-bond acceptors (Lipinski definition) is 6. The monoisotopic (exact) mass is 365 g/mol. The number of ketones is 1. The molecule has 0 N–H and O–H groups in total. The van der Waals surface area contributed by atoms with Crippen LogP contribution in [0.25, 0.3) is 22.2 Å². The molecule has 1 fully saturated rings. The number of morpholine rings is 1. The number of nitrogens with zero attached hydrogens (tertiary/aromatic N) is 5. The van der Waals surface area contributed by atoms with E-state index in [1.165, 1.54) is 0 Å². The molecule has 1 saturated heterocycles. The molecule has 4 rings (SSSR count). The van der Waals surface area contributed by atoms with Crippen LogP contribution in [0.3, 0.4) is 0 Å². The Kier molecular flexibility index (Phi) is 4.96. The van der Waals surface area contributed by atoms with Gasteiger partial charge < -0.3 is 4.74 Å². The summed E-state index contributed by atoms with van der Waals surface area (Å²) in [5, 5.41) is 5.16. The summed E-state index contributed by atoms with van der Waals surface area (Å²) in [6.45, 7) is 4.76. The van der Waals surface area contributed by atoms with Crippen molar-refractivity contribution >= 4 is 16.7 Å². The minimum Gasteiger partial charge on any atom is -0.376 e. The van der Waals surface area contributed by atoms with Crippen LogP contribution >= 0.6 is 0 Å². The zero-order valence-corrected chi connectivity index (χ0v) is 15.6. The van der Waals surface area contributed by atoms with Crippen molar-refractivity contribution < 1.29 is 9.53 Å². The normalized spacial score (nSPS) is 18.1. The van der Waals surface area contributed by atoms with E-state index in [1.54, 1.807) is 17.1 Å². The number of carbonyl (C=O) groups is 1. The average molecular weight is 365 g/mol. The van der Waals surface area contributed by atoms with Crippen LogP contribution in [0, 0.1) is 0 Å². The minimum absolute atomic E-state index is 0.166. The fourth-order valence-corrected chi connectivity index (χ4v) is 3.41. The van der Waals surface area contributed by atoms with E-state index in [9.17, 15) is 4.79 Å². The van der Waals surface area contributed by atoms with Crippen LogP contribution in [0.1, 0.15) is 12.6 Å². The van der Waals surface area contributed by atoms with Crippen LogP contribution in [-0.4, -0.2) is 62.8 Å². The third kappa shape index (κ3) is 4.20. The highest BCUT2D eigenvalue weighted by molar-refractivity contribution is 5.85. The summed E-state index contributed by atoms with van der Waals surface area (Å²) in [5.74, 6) is 0.166. The molecule has 0 aromatic carbocycles. The van der Waals surface area contributed by atoms with E-state index in [2.05, 4.69) is 15.0 Å². The van der Waals surface area contributed by atoms with Gasteiger partial charge in [-0.3, -0.25) is 19.4 Å². The first-order valence-corrected chi connectivity index (χ1v) is 9.17. The Morgan fingerprint density at radius 3 is 3.00 bits per heavy atom. The second kappa shape index (κ2) is 7.54. The zero-order chi connectivity index (χ0) is 18.8. The number of hydrogen-bond donors (Lipinski definition) is 0. The predicted molar refractivity (Wildman–Crippen MR) is 102 cm³/mol. The largest absolute Gasteiger partial charge is 0.376 e. The van der Waals surface area contributed by atoms with E-state index in [4.69, 9.17) is 9.72 Å². The van der Waals surface area contributed by atoms with Crippen molar-refractivity contribution in [2.75, 3.05) is 26.2 Å². The molecule has 140 valence electrons. The van der Waals surface area contributed by atoms with Gasteiger partial charge in [0.2, 0.25) is 0 Å². The lowest BCUT2D eigenvalue weighted by molar-refractivity contribution is -0.121. The number of Topliss-reactive ketones (excluding diaryl/α,β-unsaturated/α-hetero) is 1. The Balaban J connectivity index is 1.49. The maximum atomic E-state index is 12.5. The highest BCUT2D eigenvalue weighted by atomic mass is 16.5. The summed E-state index contributed by atoms with van der Waals surface area (Å²) >= 11 is 0. The maximum absolute atomic E-state index is 12.5. The van der Waals surface area contributed by atoms with Crippen LogP contribution in [-0.2, 0) is 23.0 Å². The number of pyridine rings is 2. The van der Waals surface area contributed by atoms with Gasteiger partial charge in [-0.2, -0.15) is 5.10 Å². The second-order valence-electron chi connectivity index (χ2n) is 7.10. The van der Waals surface area contributed by atoms with Crippen LogP contribution in [0.5, 0.6) is 0 Å². The molecule has 0 unspecified atom stereocenters. The molecule has 4 heterocycles. The van der Waals surface area contributed by atoms with Crippen LogP contribution in [0.2, 0.25) is 0 Å². The highest BCUT2D eigenvalue weighted by Crippen LogP contribution is 2.20. The van der Waals surface area contributed by atoms with E-state index in [-0.39, 0.29) is 11.9 Å². The van der Waals surface area contributed by atoms with Crippen molar-refractivity contribution in [3.8, 4) is 11.3 Å². The molecule has 0 bridgehead atoms. The molecule has 0 spiro atoms. The first-order valence-electron chi connectivity index (χ1n) is 9.17. The van der Waals surface area contributed by atoms with E-state index in [0.29, 0.717) is 19.6 Å². The van der Waals surface area contributed by atoms with Gasteiger partial charge in [-0.05, 0) is 25.1 Å². The number of rotatable bonds is 5. The van der Waals surface area contributed by atoms with Gasteiger partial charge in [0.15, 0.2) is 5.78 Å². The van der Waals surface area contributed by atoms with Gasteiger partial charge in [-0.15, -0.1) is 0 Å². The first-order chi connectivity index (χ1) is 13.1. The molecule has 1 aliphatic rings. The van der Waals surface area contributed by atoms with E-state index >= 15 is 0 Å². The van der Waals surface area contributed by atoms with Crippen molar-refractivity contribution in [2.45, 2.75) is 19.4 Å². The topological polar surface area (TPSA) is 73.1 Å². The Labute approximate surface area is 158 Å². The fraction of sp³-hybridized carbons (Fsp3) is 0.400. The van der Waals surface area contributed by atoms with Crippen molar-refractivity contribution in [1.82, 2.24) is 24.6 Å². The number of ether oxygens (including phenoxy) is 1. The predicted octanol–water partition coefficient (Wildman–Crippen LogP) is 1.86. The van der Waals surface area contributed by atoms with E-state index in [1.807, 2.05) is 38.4 Å². The molecule has 0 radical (unpaired) electrons. The van der Waals surface area contributed by atoms with Gasteiger partial charge in [0, 0.05) is 49.2 Å². The minimum atomic E-state index is 0.166. The maximum Gasteiger partial charge on any atom is 0.152 e. The summed E-state index contributed by atoms with van der Waals surface area (Å²) in [7, 11) is 1.88. The van der Waals surface area contributed by atoms with Crippen LogP contribution < -0.4 is 0 Å². The molecule has 27 heavy (non-hydrogen) atoms. The summed E-state index contributed by atoms with van der Waals surface area (Å²) in [6, 6.07) is 5.87. The van der Waals surface area contributed by atoms with Gasteiger partial charge in [-0.25, -0.2) is 4.98 Å². The third-order valence-corrected chi connectivity index (χ3v) is 4.73. The quantitative estimate of drug-likeness (QED) is 0.687. The lowest BCUT2D eigenvalue weighted by Crippen LogP contribution is -2.43. The molecule has 3 aromatic rings. The first kappa shape index (κ1) is 17.8. The second-order valence-corrected chi connectivity index (χ2v) is 7.10. The Bertz CT molecular complexity index is 968. The van der Waals surface area contributed by atoms with Crippen molar-refractivity contribution in [3.63, 3.8) is 0 Å². The van der Waals surface area contributed by atoms with Crippen LogP contribution in [0.4, 0.5) is 0 Å². The lowest BCUT2D eigenvalue weighted by Gasteiger charge is -2.30. The number of aromatic nitrogens is 4. The van der Waals surface area contributed by atoms with Gasteiger partial charge >= 0.3 is 0 Å². The average Bonchev–Trinajstić information content (AvgIpc) is 3.07. The lowest BCUT2D eigenvalue weighted by atomic mass is 10.1. The van der Waals surface area contributed by atoms with Gasteiger partial charge in [0.05, 0.1) is 43.1 Å². The molecule has 0 saturated carbocycles. The highest BCUT2D eigenvalue weighted by Gasteiger charge is 2.19. The fourth-order valence-electron chi connectivity index (χ4n) is 3.41. The summed E-state index contributed by atoms with van der Waals surface area (Å²) in [4.78, 5) is 23.8. The van der Waals surface area contributed by atoms with Gasteiger partial charge in [0.1, 0.15) is 0 Å². The molecule has 0 aliphatic carbocycles. The number of carbonyl (C=O) groups excluding carboxylic acids is 1. The van der Waals surface area contributed by atoms with Crippen molar-refractivity contribution in [1.29, 1.82) is 0 Å². The van der Waals surface area contributed by atoms with E-state index in [0.717, 1.165) is 40.9 Å². The summed E-state index contributed by atoms with van der Waals surface area (Å²) in [6.07, 6.45) is 6.02. The van der Waals surface area contributed by atoms with E-state index < -0.39 is 0 Å². The number of fused-ring (bicyclic) bond motifs is 1. The standard InChI is InChI=1S/C20H23N5O2/c1-14-11-25(5-6-27-14)13-18(26)7-17-8-20-15(9-21-17)3-4-19(23-20)16-10-22-24(2)12-16/h3-4,8-10,12,14H,5-7,11,13H2,1-2H3/t14-/m0/s1. The molecular weight excluding hydrogens is 342 g/mol. The van der Waals surface area contributed by atoms with Crippen LogP contribution in [0.15, 0.2) is 36.8 Å². The zero-order valence-electron chi connectivity index (χ0n) is 15.6. The summed E-state index contributed by atoms with van der Waals surface area (Å²) in [5.41, 5.74) is 3.43. The molecule has 1 atom stereocenters.